The third kappa shape index (κ3) is 3.53. The Bertz CT molecular complexity index is 493. The van der Waals surface area contributed by atoms with Crippen LogP contribution in [0.5, 0.6) is 0 Å². The molecule has 0 bridgehead atoms. The molecule has 1 aliphatic heterocycles. The number of pyridine rings is 1. The highest BCUT2D eigenvalue weighted by Crippen LogP contribution is 2.14. The molecule has 2 rings (SSSR count). The standard InChI is InChI=1S/C13H16BrN3O2/c1-9(8-17-7-3-5-11(17)18)16-13(19)12-10(14)4-2-6-15-12/h2,4,6,9H,3,5,7-8H2,1H3,(H,16,19). The molecule has 1 N–H and O–H groups in total. The van der Waals surface area contributed by atoms with Crippen LogP contribution < -0.4 is 5.32 Å². The molecular formula is C13H16BrN3O2. The van der Waals surface area contributed by atoms with E-state index in [2.05, 4.69) is 26.2 Å². The molecule has 0 spiro atoms. The molecule has 5 nitrogen and oxygen atoms in total. The van der Waals surface area contributed by atoms with Crippen LogP contribution in [0.25, 0.3) is 0 Å². The topological polar surface area (TPSA) is 62.3 Å². The van der Waals surface area contributed by atoms with Gasteiger partial charge in [-0.05, 0) is 41.4 Å². The first-order chi connectivity index (χ1) is 9.08. The summed E-state index contributed by atoms with van der Waals surface area (Å²) in [5.74, 6) is -0.0632. The van der Waals surface area contributed by atoms with Crippen molar-refractivity contribution in [1.29, 1.82) is 0 Å². The number of hydrogen-bond acceptors (Lipinski definition) is 3. The molecule has 2 heterocycles. The number of rotatable bonds is 4. The smallest absolute Gasteiger partial charge is 0.271 e. The highest BCUT2D eigenvalue weighted by molar-refractivity contribution is 9.10. The van der Waals surface area contributed by atoms with Crippen molar-refractivity contribution in [3.05, 3.63) is 28.5 Å². The van der Waals surface area contributed by atoms with Crippen molar-refractivity contribution in [2.24, 2.45) is 0 Å². The minimum absolute atomic E-state index is 0.0940. The van der Waals surface area contributed by atoms with Crippen molar-refractivity contribution in [3.8, 4) is 0 Å². The van der Waals surface area contributed by atoms with Crippen LogP contribution in [0.4, 0.5) is 0 Å². The van der Waals surface area contributed by atoms with Crippen LogP contribution in [0, 0.1) is 0 Å². The second-order valence-corrected chi connectivity index (χ2v) is 5.51. The summed E-state index contributed by atoms with van der Waals surface area (Å²) in [4.78, 5) is 29.4. The first kappa shape index (κ1) is 14.0. The zero-order chi connectivity index (χ0) is 13.8. The molecule has 1 unspecified atom stereocenters. The predicted octanol–water partition coefficient (Wildman–Crippen LogP) is 1.58. The van der Waals surface area contributed by atoms with Crippen molar-refractivity contribution in [2.75, 3.05) is 13.1 Å². The fourth-order valence-corrected chi connectivity index (χ4v) is 2.55. The summed E-state index contributed by atoms with van der Waals surface area (Å²) in [5, 5.41) is 2.86. The van der Waals surface area contributed by atoms with E-state index in [9.17, 15) is 9.59 Å². The van der Waals surface area contributed by atoms with Gasteiger partial charge in [0.15, 0.2) is 0 Å². The molecule has 2 amide bonds. The van der Waals surface area contributed by atoms with Gasteiger partial charge in [0.25, 0.3) is 5.91 Å². The van der Waals surface area contributed by atoms with E-state index in [0.29, 0.717) is 23.1 Å². The van der Waals surface area contributed by atoms with Crippen molar-refractivity contribution in [3.63, 3.8) is 0 Å². The second-order valence-electron chi connectivity index (χ2n) is 4.65. The molecule has 6 heteroatoms. The van der Waals surface area contributed by atoms with Gasteiger partial charge in [-0.1, -0.05) is 0 Å². The van der Waals surface area contributed by atoms with Crippen LogP contribution in [0.1, 0.15) is 30.3 Å². The second kappa shape index (κ2) is 6.14. The first-order valence-electron chi connectivity index (χ1n) is 6.27. The normalized spacial score (nSPS) is 16.5. The number of nitrogens with zero attached hydrogens (tertiary/aromatic N) is 2. The summed E-state index contributed by atoms with van der Waals surface area (Å²) in [6.45, 7) is 3.22. The maximum atomic E-state index is 12.0. The van der Waals surface area contributed by atoms with Crippen molar-refractivity contribution >= 4 is 27.7 Å². The minimum atomic E-state index is -0.230. The van der Waals surface area contributed by atoms with Gasteiger partial charge in [-0.2, -0.15) is 0 Å². The van der Waals surface area contributed by atoms with Gasteiger partial charge < -0.3 is 10.2 Å². The fourth-order valence-electron chi connectivity index (χ4n) is 2.12. The van der Waals surface area contributed by atoms with E-state index in [1.807, 2.05) is 6.92 Å². The van der Waals surface area contributed by atoms with E-state index < -0.39 is 0 Å². The van der Waals surface area contributed by atoms with E-state index in [-0.39, 0.29) is 17.9 Å². The molecule has 1 aromatic rings. The lowest BCUT2D eigenvalue weighted by Crippen LogP contribution is -2.42. The Kier molecular flexibility index (Phi) is 4.52. The lowest BCUT2D eigenvalue weighted by molar-refractivity contribution is -0.127. The highest BCUT2D eigenvalue weighted by Gasteiger charge is 2.23. The molecule has 1 fully saturated rings. The molecule has 0 saturated carbocycles. The van der Waals surface area contributed by atoms with E-state index >= 15 is 0 Å². The van der Waals surface area contributed by atoms with Gasteiger partial charge in [-0.15, -0.1) is 0 Å². The van der Waals surface area contributed by atoms with Gasteiger partial charge in [0.1, 0.15) is 5.69 Å². The molecule has 1 aliphatic rings. The third-order valence-corrected chi connectivity index (χ3v) is 3.66. The Morgan fingerprint density at radius 3 is 3.05 bits per heavy atom. The maximum absolute atomic E-state index is 12.0. The zero-order valence-electron chi connectivity index (χ0n) is 10.7. The molecular weight excluding hydrogens is 310 g/mol. The number of aromatic nitrogens is 1. The van der Waals surface area contributed by atoms with Crippen LogP contribution in [0.2, 0.25) is 0 Å². The van der Waals surface area contributed by atoms with Crippen molar-refractivity contribution < 1.29 is 9.59 Å². The van der Waals surface area contributed by atoms with E-state index in [1.165, 1.54) is 0 Å². The predicted molar refractivity (Wildman–Crippen MR) is 74.7 cm³/mol. The summed E-state index contributed by atoms with van der Waals surface area (Å²) >= 11 is 3.30. The number of likely N-dealkylation sites (tertiary alicyclic amines) is 1. The average molecular weight is 326 g/mol. The van der Waals surface area contributed by atoms with Crippen LogP contribution in [-0.2, 0) is 4.79 Å². The Labute approximate surface area is 120 Å². The average Bonchev–Trinajstić information content (AvgIpc) is 2.75. The van der Waals surface area contributed by atoms with Gasteiger partial charge in [0.2, 0.25) is 5.91 Å². The van der Waals surface area contributed by atoms with Crippen LogP contribution in [0.3, 0.4) is 0 Å². The summed E-state index contributed by atoms with van der Waals surface area (Å²) in [6, 6.07) is 3.44. The molecule has 0 radical (unpaired) electrons. The molecule has 102 valence electrons. The number of amides is 2. The van der Waals surface area contributed by atoms with Gasteiger partial charge in [-0.25, -0.2) is 4.98 Å². The summed E-state index contributed by atoms with van der Waals surface area (Å²) in [7, 11) is 0. The molecule has 1 saturated heterocycles. The number of halogens is 1. The number of carbonyl (C=O) groups is 2. The Morgan fingerprint density at radius 1 is 1.63 bits per heavy atom. The summed E-state index contributed by atoms with van der Waals surface area (Å²) < 4.78 is 0.664. The quantitative estimate of drug-likeness (QED) is 0.914. The third-order valence-electron chi connectivity index (χ3n) is 3.02. The van der Waals surface area contributed by atoms with Gasteiger partial charge in [0, 0.05) is 36.2 Å². The Balaban J connectivity index is 1.92. The van der Waals surface area contributed by atoms with Gasteiger partial charge in [-0.3, -0.25) is 9.59 Å². The Morgan fingerprint density at radius 2 is 2.42 bits per heavy atom. The van der Waals surface area contributed by atoms with Crippen molar-refractivity contribution in [2.45, 2.75) is 25.8 Å². The fraction of sp³-hybridized carbons (Fsp3) is 0.462. The van der Waals surface area contributed by atoms with E-state index in [4.69, 9.17) is 0 Å². The van der Waals surface area contributed by atoms with Gasteiger partial charge >= 0.3 is 0 Å². The summed E-state index contributed by atoms with van der Waals surface area (Å²) in [5.41, 5.74) is 0.363. The maximum Gasteiger partial charge on any atom is 0.271 e. The monoisotopic (exact) mass is 325 g/mol. The molecule has 0 aromatic carbocycles. The zero-order valence-corrected chi connectivity index (χ0v) is 12.3. The van der Waals surface area contributed by atoms with Crippen molar-refractivity contribution in [1.82, 2.24) is 15.2 Å². The van der Waals surface area contributed by atoms with Gasteiger partial charge in [0.05, 0.1) is 0 Å². The lowest BCUT2D eigenvalue weighted by atomic mass is 10.2. The van der Waals surface area contributed by atoms with Crippen LogP contribution in [0.15, 0.2) is 22.8 Å². The van der Waals surface area contributed by atoms with Crippen LogP contribution >= 0.6 is 15.9 Å². The number of carbonyl (C=O) groups excluding carboxylic acids is 2. The first-order valence-corrected chi connectivity index (χ1v) is 7.06. The molecule has 1 atom stereocenters. The van der Waals surface area contributed by atoms with Crippen LogP contribution in [-0.4, -0.2) is 40.8 Å². The highest BCUT2D eigenvalue weighted by atomic mass is 79.9. The number of hydrogen-bond donors (Lipinski definition) is 1. The van der Waals surface area contributed by atoms with E-state index in [1.54, 1.807) is 23.2 Å². The minimum Gasteiger partial charge on any atom is -0.346 e. The molecule has 19 heavy (non-hydrogen) atoms. The molecule has 1 aromatic heterocycles. The molecule has 0 aliphatic carbocycles. The lowest BCUT2D eigenvalue weighted by Gasteiger charge is -2.21. The summed E-state index contributed by atoms with van der Waals surface area (Å²) in [6.07, 6.45) is 3.10. The largest absolute Gasteiger partial charge is 0.346 e. The SMILES string of the molecule is CC(CN1CCCC1=O)NC(=O)c1ncccc1Br. The Hall–Kier alpha value is -1.43. The number of nitrogens with one attached hydrogen (secondary N) is 1. The van der Waals surface area contributed by atoms with E-state index in [0.717, 1.165) is 13.0 Å².